The first-order valence-corrected chi connectivity index (χ1v) is 9.55. The van der Waals surface area contributed by atoms with Crippen molar-refractivity contribution in [2.24, 2.45) is 0 Å². The Balaban J connectivity index is 1.82. The summed E-state index contributed by atoms with van der Waals surface area (Å²) >= 11 is 0. The first kappa shape index (κ1) is 19.4. The summed E-state index contributed by atoms with van der Waals surface area (Å²) in [4.78, 5) is 17.5. The number of aromatic nitrogens is 3. The van der Waals surface area contributed by atoms with Crippen molar-refractivity contribution in [3.63, 3.8) is 0 Å². The van der Waals surface area contributed by atoms with Crippen LogP contribution in [0.4, 0.5) is 24.9 Å². The molecule has 1 aromatic carbocycles. The highest BCUT2D eigenvalue weighted by atomic mass is 19.4. The summed E-state index contributed by atoms with van der Waals surface area (Å²) < 4.78 is 40.6. The Morgan fingerprint density at radius 1 is 1.10 bits per heavy atom. The van der Waals surface area contributed by atoms with Crippen molar-refractivity contribution in [3.8, 4) is 0 Å². The zero-order valence-corrected chi connectivity index (χ0v) is 16.5. The molecular formula is C21H22F3N5. The van der Waals surface area contributed by atoms with Gasteiger partial charge in [-0.25, -0.2) is 4.98 Å². The molecule has 1 fully saturated rings. The van der Waals surface area contributed by atoms with E-state index in [2.05, 4.69) is 9.97 Å². The molecule has 3 aromatic rings. The number of hydrogen-bond donors (Lipinski definition) is 0. The summed E-state index contributed by atoms with van der Waals surface area (Å²) in [5.41, 5.74) is 0.223. The van der Waals surface area contributed by atoms with Gasteiger partial charge in [-0.05, 0) is 44.0 Å². The van der Waals surface area contributed by atoms with Crippen molar-refractivity contribution in [1.82, 2.24) is 15.0 Å². The Labute approximate surface area is 167 Å². The number of pyridine rings is 1. The zero-order valence-electron chi connectivity index (χ0n) is 16.5. The third kappa shape index (κ3) is 3.47. The van der Waals surface area contributed by atoms with Crippen LogP contribution in [-0.2, 0) is 6.18 Å². The summed E-state index contributed by atoms with van der Waals surface area (Å²) in [6.07, 6.45) is -2.10. The number of fused-ring (bicyclic) bond motifs is 1. The standard InChI is InChI=1S/C21H22F3N5/c1-13(2)28(3)20-26-18-15(8-6-11-25-18)19(27-20)29-12-10-17(29)14-7-4-5-9-16(14)21(22,23)24/h4-9,11,13,17H,10,12H2,1-3H3. The maximum absolute atomic E-state index is 13.5. The molecule has 5 nitrogen and oxygen atoms in total. The van der Waals surface area contributed by atoms with Gasteiger partial charge in [0.2, 0.25) is 5.95 Å². The van der Waals surface area contributed by atoms with Gasteiger partial charge in [-0.3, -0.25) is 0 Å². The molecule has 0 bridgehead atoms. The molecule has 1 saturated heterocycles. The van der Waals surface area contributed by atoms with Gasteiger partial charge in [0.05, 0.1) is 17.0 Å². The minimum Gasteiger partial charge on any atom is -0.349 e. The van der Waals surface area contributed by atoms with Gasteiger partial charge in [-0.15, -0.1) is 0 Å². The highest BCUT2D eigenvalue weighted by Gasteiger charge is 2.40. The first-order chi connectivity index (χ1) is 13.8. The number of alkyl halides is 3. The van der Waals surface area contributed by atoms with E-state index in [4.69, 9.17) is 4.98 Å². The van der Waals surface area contributed by atoms with Crippen LogP contribution in [0, 0.1) is 0 Å². The SMILES string of the molecule is CC(C)N(C)c1nc(N2CCC2c2ccccc2C(F)(F)F)c2cccnc2n1. The number of nitrogens with zero attached hydrogens (tertiary/aromatic N) is 5. The van der Waals surface area contributed by atoms with Crippen molar-refractivity contribution in [2.75, 3.05) is 23.4 Å². The molecule has 29 heavy (non-hydrogen) atoms. The fourth-order valence-electron chi connectivity index (χ4n) is 3.55. The van der Waals surface area contributed by atoms with E-state index in [1.165, 1.54) is 6.07 Å². The second-order valence-corrected chi connectivity index (χ2v) is 7.51. The number of hydrogen-bond acceptors (Lipinski definition) is 5. The predicted molar refractivity (Wildman–Crippen MR) is 107 cm³/mol. The predicted octanol–water partition coefficient (Wildman–Crippen LogP) is 4.84. The molecule has 0 radical (unpaired) electrons. The van der Waals surface area contributed by atoms with Crippen LogP contribution in [-0.4, -0.2) is 34.6 Å². The van der Waals surface area contributed by atoms with Crippen molar-refractivity contribution in [2.45, 2.75) is 38.5 Å². The van der Waals surface area contributed by atoms with E-state index in [-0.39, 0.29) is 17.6 Å². The highest BCUT2D eigenvalue weighted by Crippen LogP contribution is 2.44. The number of halogens is 3. The molecule has 8 heteroatoms. The number of rotatable bonds is 4. The van der Waals surface area contributed by atoms with Crippen LogP contribution >= 0.6 is 0 Å². The van der Waals surface area contributed by atoms with Crippen LogP contribution in [0.15, 0.2) is 42.6 Å². The average Bonchev–Trinajstić information content (AvgIpc) is 2.66. The normalized spacial score (nSPS) is 16.9. The lowest BCUT2D eigenvalue weighted by molar-refractivity contribution is -0.138. The molecule has 4 rings (SSSR count). The minimum absolute atomic E-state index is 0.169. The summed E-state index contributed by atoms with van der Waals surface area (Å²) in [7, 11) is 1.89. The van der Waals surface area contributed by atoms with E-state index in [0.29, 0.717) is 30.4 Å². The molecule has 152 valence electrons. The van der Waals surface area contributed by atoms with Gasteiger partial charge < -0.3 is 9.80 Å². The van der Waals surface area contributed by atoms with E-state index in [1.807, 2.05) is 36.8 Å². The molecule has 0 N–H and O–H groups in total. The lowest BCUT2D eigenvalue weighted by Gasteiger charge is -2.43. The quantitative estimate of drug-likeness (QED) is 0.626. The molecule has 0 amide bonds. The zero-order chi connectivity index (χ0) is 20.8. The van der Waals surface area contributed by atoms with Crippen molar-refractivity contribution < 1.29 is 13.2 Å². The van der Waals surface area contributed by atoms with Crippen LogP contribution in [0.3, 0.4) is 0 Å². The van der Waals surface area contributed by atoms with Crippen molar-refractivity contribution in [1.29, 1.82) is 0 Å². The summed E-state index contributed by atoms with van der Waals surface area (Å²) in [6, 6.07) is 9.21. The van der Waals surface area contributed by atoms with Crippen molar-refractivity contribution in [3.05, 3.63) is 53.7 Å². The topological polar surface area (TPSA) is 45.2 Å². The third-order valence-corrected chi connectivity index (χ3v) is 5.45. The summed E-state index contributed by atoms with van der Waals surface area (Å²) in [6.45, 7) is 4.68. The molecular weight excluding hydrogens is 379 g/mol. The van der Waals surface area contributed by atoms with Crippen molar-refractivity contribution >= 4 is 22.8 Å². The Morgan fingerprint density at radius 2 is 1.86 bits per heavy atom. The van der Waals surface area contributed by atoms with Gasteiger partial charge in [0.15, 0.2) is 5.65 Å². The molecule has 1 atom stereocenters. The Kier molecular flexibility index (Phi) is 4.80. The molecule has 1 aliphatic heterocycles. The number of benzene rings is 1. The van der Waals surface area contributed by atoms with Gasteiger partial charge in [0.25, 0.3) is 0 Å². The molecule has 1 unspecified atom stereocenters. The maximum Gasteiger partial charge on any atom is 0.416 e. The second-order valence-electron chi connectivity index (χ2n) is 7.51. The van der Waals surface area contributed by atoms with Crippen LogP contribution in [0.2, 0.25) is 0 Å². The molecule has 0 aliphatic carbocycles. The Hall–Kier alpha value is -2.90. The van der Waals surface area contributed by atoms with Crippen LogP contribution in [0.5, 0.6) is 0 Å². The van der Waals surface area contributed by atoms with Gasteiger partial charge >= 0.3 is 6.18 Å². The van der Waals surface area contributed by atoms with Crippen LogP contribution < -0.4 is 9.80 Å². The smallest absolute Gasteiger partial charge is 0.349 e. The summed E-state index contributed by atoms with van der Waals surface area (Å²) in [5.74, 6) is 1.13. The fraction of sp³-hybridized carbons (Fsp3) is 0.381. The molecule has 2 aromatic heterocycles. The highest BCUT2D eigenvalue weighted by molar-refractivity contribution is 5.88. The van der Waals surface area contributed by atoms with Gasteiger partial charge in [-0.2, -0.15) is 23.1 Å². The second kappa shape index (κ2) is 7.17. The minimum atomic E-state index is -4.39. The Morgan fingerprint density at radius 3 is 2.52 bits per heavy atom. The first-order valence-electron chi connectivity index (χ1n) is 9.55. The van der Waals surface area contributed by atoms with E-state index in [9.17, 15) is 13.2 Å². The molecule has 1 aliphatic rings. The van der Waals surface area contributed by atoms with E-state index < -0.39 is 11.7 Å². The van der Waals surface area contributed by atoms with E-state index >= 15 is 0 Å². The van der Waals surface area contributed by atoms with Crippen LogP contribution in [0.25, 0.3) is 11.0 Å². The molecule has 3 heterocycles. The van der Waals surface area contributed by atoms with E-state index in [0.717, 1.165) is 11.5 Å². The number of anilines is 2. The average molecular weight is 401 g/mol. The molecule has 0 saturated carbocycles. The molecule has 0 spiro atoms. The lowest BCUT2D eigenvalue weighted by atomic mass is 9.90. The maximum atomic E-state index is 13.5. The fourth-order valence-corrected chi connectivity index (χ4v) is 3.55. The monoisotopic (exact) mass is 401 g/mol. The summed E-state index contributed by atoms with van der Waals surface area (Å²) in [5, 5.41) is 0.739. The largest absolute Gasteiger partial charge is 0.416 e. The van der Waals surface area contributed by atoms with Gasteiger partial charge in [-0.1, -0.05) is 18.2 Å². The Bertz CT molecular complexity index is 1030. The third-order valence-electron chi connectivity index (χ3n) is 5.45. The van der Waals surface area contributed by atoms with Crippen LogP contribution in [0.1, 0.15) is 37.4 Å². The lowest BCUT2D eigenvalue weighted by Crippen LogP contribution is -2.43. The van der Waals surface area contributed by atoms with E-state index in [1.54, 1.807) is 24.4 Å². The van der Waals surface area contributed by atoms with Gasteiger partial charge in [0, 0.05) is 25.8 Å². The van der Waals surface area contributed by atoms with Gasteiger partial charge in [0.1, 0.15) is 5.82 Å².